The maximum Gasteiger partial charge on any atom is 0.185 e. The highest BCUT2D eigenvalue weighted by Gasteiger charge is 2.67. The lowest BCUT2D eigenvalue weighted by Crippen LogP contribution is -2.57. The molecule has 1 heterocycles. The molecular weight excluding hydrogens is 516 g/mol. The first-order valence-corrected chi connectivity index (χ1v) is 18.8. The van der Waals surface area contributed by atoms with Gasteiger partial charge in [-0.25, -0.2) is 0 Å². The van der Waals surface area contributed by atoms with Gasteiger partial charge in [0.1, 0.15) is 5.60 Å². The summed E-state index contributed by atoms with van der Waals surface area (Å²) in [6.07, 6.45) is 7.49. The van der Waals surface area contributed by atoms with Crippen molar-refractivity contribution < 1.29 is 18.6 Å². The number of methoxy groups -OCH3 is 1. The Labute approximate surface area is 242 Å². The summed E-state index contributed by atoms with van der Waals surface area (Å²) in [6, 6.07) is 12.0. The van der Waals surface area contributed by atoms with Crippen molar-refractivity contribution in [3.05, 3.63) is 41.0 Å². The van der Waals surface area contributed by atoms with Gasteiger partial charge in [-0.2, -0.15) is 5.26 Å². The first kappa shape index (κ1) is 28.4. The average molecular weight is 565 g/mol. The van der Waals surface area contributed by atoms with Gasteiger partial charge in [-0.15, -0.1) is 0 Å². The lowest BCUT2D eigenvalue weighted by atomic mass is 9.49. The minimum Gasteiger partial charge on any atom is -0.399 e. The number of allylic oxidation sites excluding steroid dienone is 1. The average Bonchev–Trinajstić information content (AvgIpc) is 3.48. The van der Waals surface area contributed by atoms with E-state index >= 15 is 0 Å². The van der Waals surface area contributed by atoms with E-state index in [-0.39, 0.29) is 16.9 Å². The monoisotopic (exact) mass is 564 g/mol. The number of ether oxygens (including phenoxy) is 3. The zero-order valence-electron chi connectivity index (χ0n) is 25.6. The van der Waals surface area contributed by atoms with Gasteiger partial charge in [0.05, 0.1) is 24.9 Å². The van der Waals surface area contributed by atoms with Crippen molar-refractivity contribution >= 4 is 14.0 Å². The molecule has 4 aliphatic carbocycles. The molecule has 1 spiro atoms. The first-order valence-electron chi connectivity index (χ1n) is 15.4. The minimum atomic E-state index is -1.96. The molecule has 40 heavy (non-hydrogen) atoms. The third-order valence-electron chi connectivity index (χ3n) is 11.2. The van der Waals surface area contributed by atoms with Gasteiger partial charge in [-0.05, 0) is 93.3 Å². The zero-order valence-corrected chi connectivity index (χ0v) is 26.6. The molecule has 0 radical (unpaired) electrons. The summed E-state index contributed by atoms with van der Waals surface area (Å²) in [5.41, 5.74) is 4.38. The van der Waals surface area contributed by atoms with Crippen LogP contribution in [0.15, 0.2) is 35.4 Å². The van der Waals surface area contributed by atoms with Gasteiger partial charge in [0.25, 0.3) is 0 Å². The van der Waals surface area contributed by atoms with Gasteiger partial charge < -0.3 is 23.5 Å². The topological polar surface area (TPSA) is 64.0 Å². The number of fused-ring (bicyclic) bond motifs is 4. The van der Waals surface area contributed by atoms with Crippen molar-refractivity contribution in [2.24, 2.45) is 17.3 Å². The van der Waals surface area contributed by atoms with E-state index in [1.54, 1.807) is 5.57 Å². The van der Waals surface area contributed by atoms with E-state index in [2.05, 4.69) is 75.9 Å². The Morgan fingerprint density at radius 2 is 1.73 bits per heavy atom. The highest BCUT2D eigenvalue weighted by atomic mass is 28.4. The van der Waals surface area contributed by atoms with Gasteiger partial charge in [-0.1, -0.05) is 24.6 Å². The quantitative estimate of drug-likeness (QED) is 0.290. The Kier molecular flexibility index (Phi) is 6.87. The number of nitriles is 1. The predicted octanol–water partition coefficient (Wildman–Crippen LogP) is 6.79. The summed E-state index contributed by atoms with van der Waals surface area (Å²) in [5.74, 6) is 0.610. The summed E-state index contributed by atoms with van der Waals surface area (Å²) in [6.45, 7) is 10.4. The summed E-state index contributed by atoms with van der Waals surface area (Å²) in [7, 11) is 4.12. The Balaban J connectivity index is 1.50. The molecule has 218 valence electrons. The van der Waals surface area contributed by atoms with Crippen molar-refractivity contribution in [1.82, 2.24) is 0 Å². The van der Waals surface area contributed by atoms with Gasteiger partial charge in [0.15, 0.2) is 14.1 Å². The molecule has 0 N–H and O–H groups in total. The van der Waals surface area contributed by atoms with Crippen LogP contribution in [-0.4, -0.2) is 59.7 Å². The van der Waals surface area contributed by atoms with Gasteiger partial charge in [-0.3, -0.25) is 0 Å². The molecule has 6 rings (SSSR count). The molecule has 0 bridgehead atoms. The van der Waals surface area contributed by atoms with Crippen LogP contribution in [0.4, 0.5) is 5.69 Å². The summed E-state index contributed by atoms with van der Waals surface area (Å²) >= 11 is 0. The maximum absolute atomic E-state index is 10.8. The number of benzene rings is 1. The lowest BCUT2D eigenvalue weighted by Gasteiger charge is -2.58. The van der Waals surface area contributed by atoms with E-state index in [0.29, 0.717) is 25.0 Å². The van der Waals surface area contributed by atoms with Gasteiger partial charge in [0.2, 0.25) is 0 Å². The number of rotatable bonds is 5. The van der Waals surface area contributed by atoms with E-state index < -0.39 is 19.7 Å². The Morgan fingerprint density at radius 1 is 1.02 bits per heavy atom. The van der Waals surface area contributed by atoms with Crippen LogP contribution in [0.3, 0.4) is 0 Å². The van der Waals surface area contributed by atoms with Crippen molar-refractivity contribution in [2.45, 2.75) is 101 Å². The molecule has 1 aromatic carbocycles. The second-order valence-corrected chi connectivity index (χ2v) is 18.9. The van der Waals surface area contributed by atoms with Crippen molar-refractivity contribution in [1.29, 1.82) is 5.26 Å². The molecule has 1 aromatic rings. The van der Waals surface area contributed by atoms with Crippen LogP contribution >= 0.6 is 0 Å². The Morgan fingerprint density at radius 3 is 2.33 bits per heavy atom. The molecule has 0 unspecified atom stereocenters. The van der Waals surface area contributed by atoms with Gasteiger partial charge >= 0.3 is 0 Å². The van der Waals surface area contributed by atoms with Crippen LogP contribution in [0.5, 0.6) is 0 Å². The van der Waals surface area contributed by atoms with E-state index in [0.717, 1.165) is 51.4 Å². The van der Waals surface area contributed by atoms with Crippen LogP contribution in [0.1, 0.15) is 69.8 Å². The van der Waals surface area contributed by atoms with Crippen molar-refractivity contribution in [3.63, 3.8) is 0 Å². The summed E-state index contributed by atoms with van der Waals surface area (Å²) < 4.78 is 25.9. The van der Waals surface area contributed by atoms with Crippen LogP contribution in [0.2, 0.25) is 19.6 Å². The largest absolute Gasteiger partial charge is 0.399 e. The van der Waals surface area contributed by atoms with E-state index in [9.17, 15) is 5.26 Å². The van der Waals surface area contributed by atoms with Crippen molar-refractivity contribution in [3.8, 4) is 6.07 Å². The molecule has 1 aliphatic heterocycles. The highest BCUT2D eigenvalue weighted by Crippen LogP contribution is 2.69. The molecule has 1 saturated heterocycles. The fourth-order valence-electron chi connectivity index (χ4n) is 9.47. The summed E-state index contributed by atoms with van der Waals surface area (Å²) in [4.78, 5) is 2.16. The fourth-order valence-corrected chi connectivity index (χ4v) is 10.9. The van der Waals surface area contributed by atoms with Crippen LogP contribution in [0, 0.1) is 28.6 Å². The highest BCUT2D eigenvalue weighted by molar-refractivity contribution is 6.69. The molecule has 4 fully saturated rings. The van der Waals surface area contributed by atoms with Gasteiger partial charge in [0, 0.05) is 51.1 Å². The molecule has 6 atom stereocenters. The van der Waals surface area contributed by atoms with Crippen LogP contribution < -0.4 is 4.90 Å². The van der Waals surface area contributed by atoms with Crippen LogP contribution in [0.25, 0.3) is 0 Å². The minimum absolute atomic E-state index is 0.206. The molecule has 7 heteroatoms. The number of anilines is 1. The molecule has 0 aromatic heterocycles. The lowest BCUT2D eigenvalue weighted by molar-refractivity contribution is -0.213. The molecule has 5 aliphatic rings. The Bertz CT molecular complexity index is 1210. The molecule has 6 nitrogen and oxygen atoms in total. The first-order chi connectivity index (χ1) is 18.9. The molecular formula is C33H48N2O4Si. The maximum atomic E-state index is 10.8. The van der Waals surface area contributed by atoms with Crippen molar-refractivity contribution in [2.75, 3.05) is 39.3 Å². The Hall–Kier alpha value is -1.69. The van der Waals surface area contributed by atoms with E-state index in [1.807, 2.05) is 7.11 Å². The van der Waals surface area contributed by atoms with E-state index in [1.165, 1.54) is 16.8 Å². The number of hydrogen-bond acceptors (Lipinski definition) is 6. The summed E-state index contributed by atoms with van der Waals surface area (Å²) in [5, 5.41) is 10.8. The third-order valence-corrected chi connectivity index (χ3v) is 12.1. The second-order valence-electron chi connectivity index (χ2n) is 14.5. The standard InChI is InChI=1S/C33H48N2O4Si/c1-30-20-26(23-8-10-24(11-9-23)35(2)3)29-25(27(30)13-16-32(30,22-34)39-40(5,6)7)12-15-31(36-4)21-33(17-14-28(29)31)37-18-19-38-33/h8-11,25-27H,12-21H2,1-7H3/t25-,26+,27-,30-,31+,32-/m0/s1. The SMILES string of the molecule is CO[C@@]12CC[C@@H]3C(=C1CCC1(C2)OCCO1)[C@@H](c1ccc(N(C)C)cc1)C[C@@]1(C)[C@H]3CC[C@@]1(C#N)O[Si](C)(C)C. The smallest absolute Gasteiger partial charge is 0.185 e. The molecule has 0 amide bonds. The third kappa shape index (κ3) is 4.24. The number of nitrogens with zero attached hydrogens (tertiary/aromatic N) is 2. The normalized spacial score (nSPS) is 38.5. The fraction of sp³-hybridized carbons (Fsp3) is 0.727. The zero-order chi connectivity index (χ0) is 28.6. The molecule has 3 saturated carbocycles. The second kappa shape index (κ2) is 9.67. The van der Waals surface area contributed by atoms with Crippen LogP contribution in [-0.2, 0) is 18.6 Å². The van der Waals surface area contributed by atoms with E-state index in [4.69, 9.17) is 18.6 Å². The predicted molar refractivity (Wildman–Crippen MR) is 160 cm³/mol. The number of hydrogen-bond donors (Lipinski definition) is 0.